The van der Waals surface area contributed by atoms with Crippen molar-refractivity contribution in [1.29, 1.82) is 0 Å². The Morgan fingerprint density at radius 2 is 2.18 bits per heavy atom. The fraction of sp³-hybridized carbons (Fsp3) is 0.714. The third kappa shape index (κ3) is 3.43. The Balaban J connectivity index is 1.69. The molecule has 1 aliphatic heterocycles. The first-order chi connectivity index (χ1) is 10.3. The number of hydrogen-bond acceptors (Lipinski definition) is 5. The summed E-state index contributed by atoms with van der Waals surface area (Å²) in [6.07, 6.45) is 2.71. The van der Waals surface area contributed by atoms with Crippen molar-refractivity contribution in [2.45, 2.75) is 51.3 Å². The summed E-state index contributed by atoms with van der Waals surface area (Å²) in [7, 11) is -3.27. The van der Waals surface area contributed by atoms with E-state index in [-0.39, 0.29) is 11.2 Å². The molecule has 0 spiro atoms. The standard InChI is InChI=1S/C14H21N3O3S2/c1-9(2)7-13(18)17-6-5-11-12(8-17)21-14(15-11)16-22(19,20)10-3-4-10/h9-10H,3-8H2,1-2H3,(H,15,16). The topological polar surface area (TPSA) is 79.4 Å². The van der Waals surface area contributed by atoms with Crippen LogP contribution in [0.5, 0.6) is 0 Å². The van der Waals surface area contributed by atoms with Gasteiger partial charge in [0.15, 0.2) is 5.13 Å². The maximum atomic E-state index is 12.2. The van der Waals surface area contributed by atoms with Gasteiger partial charge in [-0.1, -0.05) is 25.2 Å². The van der Waals surface area contributed by atoms with Crippen LogP contribution in [0, 0.1) is 5.92 Å². The summed E-state index contributed by atoms with van der Waals surface area (Å²) < 4.78 is 26.5. The van der Waals surface area contributed by atoms with Gasteiger partial charge < -0.3 is 4.90 Å². The predicted molar refractivity (Wildman–Crippen MR) is 86.3 cm³/mol. The maximum absolute atomic E-state index is 12.2. The minimum absolute atomic E-state index is 0.161. The van der Waals surface area contributed by atoms with Crippen molar-refractivity contribution in [3.63, 3.8) is 0 Å². The van der Waals surface area contributed by atoms with Gasteiger partial charge in [-0.05, 0) is 18.8 Å². The molecule has 6 nitrogen and oxygen atoms in total. The lowest BCUT2D eigenvalue weighted by Crippen LogP contribution is -2.36. The number of nitrogens with one attached hydrogen (secondary N) is 1. The Labute approximate surface area is 135 Å². The average molecular weight is 343 g/mol. The predicted octanol–water partition coefficient (Wildman–Crippen LogP) is 1.98. The molecule has 0 atom stereocenters. The lowest BCUT2D eigenvalue weighted by Gasteiger charge is -2.26. The highest BCUT2D eigenvalue weighted by molar-refractivity contribution is 7.93. The Kier molecular flexibility index (Phi) is 4.15. The number of carbonyl (C=O) groups is 1. The fourth-order valence-corrected chi connectivity index (χ4v) is 5.12. The normalized spacial score (nSPS) is 18.4. The van der Waals surface area contributed by atoms with E-state index in [0.717, 1.165) is 23.4 Å². The zero-order valence-electron chi connectivity index (χ0n) is 12.8. The van der Waals surface area contributed by atoms with Gasteiger partial charge >= 0.3 is 0 Å². The molecule has 2 heterocycles. The molecule has 0 unspecified atom stereocenters. The van der Waals surface area contributed by atoms with Crippen molar-refractivity contribution in [2.24, 2.45) is 5.92 Å². The highest BCUT2D eigenvalue weighted by Crippen LogP contribution is 2.33. The van der Waals surface area contributed by atoms with Crippen LogP contribution < -0.4 is 4.72 Å². The van der Waals surface area contributed by atoms with Crippen molar-refractivity contribution in [1.82, 2.24) is 9.88 Å². The van der Waals surface area contributed by atoms with Gasteiger partial charge in [0.05, 0.1) is 17.5 Å². The van der Waals surface area contributed by atoms with Crippen molar-refractivity contribution < 1.29 is 13.2 Å². The molecule has 8 heteroatoms. The van der Waals surface area contributed by atoms with Gasteiger partial charge in [-0.3, -0.25) is 9.52 Å². The van der Waals surface area contributed by atoms with Crippen LogP contribution >= 0.6 is 11.3 Å². The van der Waals surface area contributed by atoms with Crippen LogP contribution in [0.25, 0.3) is 0 Å². The first-order valence-corrected chi connectivity index (χ1v) is 9.99. The summed E-state index contributed by atoms with van der Waals surface area (Å²) in [5.41, 5.74) is 0.923. The molecular formula is C14H21N3O3S2. The number of hydrogen-bond donors (Lipinski definition) is 1. The molecule has 2 aliphatic rings. The zero-order valence-corrected chi connectivity index (χ0v) is 14.5. The van der Waals surface area contributed by atoms with Crippen LogP contribution in [-0.4, -0.2) is 36.0 Å². The lowest BCUT2D eigenvalue weighted by molar-refractivity contribution is -0.132. The number of aromatic nitrogens is 1. The molecule has 122 valence electrons. The van der Waals surface area contributed by atoms with Crippen LogP contribution in [-0.2, 0) is 27.8 Å². The summed E-state index contributed by atoms with van der Waals surface area (Å²) in [6.45, 7) is 5.27. The van der Waals surface area contributed by atoms with Crippen molar-refractivity contribution >= 4 is 32.4 Å². The third-order valence-electron chi connectivity index (χ3n) is 3.86. The van der Waals surface area contributed by atoms with Gasteiger partial charge in [0, 0.05) is 24.3 Å². The molecule has 1 aromatic heterocycles. The van der Waals surface area contributed by atoms with Crippen LogP contribution in [0.4, 0.5) is 5.13 Å². The maximum Gasteiger partial charge on any atom is 0.237 e. The van der Waals surface area contributed by atoms with E-state index in [2.05, 4.69) is 9.71 Å². The molecule has 1 aliphatic carbocycles. The number of rotatable bonds is 5. The number of amides is 1. The number of nitrogens with zero attached hydrogens (tertiary/aromatic N) is 2. The smallest absolute Gasteiger partial charge is 0.237 e. The molecule has 0 aromatic carbocycles. The van der Waals surface area contributed by atoms with Gasteiger partial charge in [-0.25, -0.2) is 13.4 Å². The van der Waals surface area contributed by atoms with E-state index in [9.17, 15) is 13.2 Å². The summed E-state index contributed by atoms with van der Waals surface area (Å²) in [5, 5.41) is 0.188. The first kappa shape index (κ1) is 15.7. The second kappa shape index (κ2) is 5.81. The number of thiazole rings is 1. The monoisotopic (exact) mass is 343 g/mol. The van der Waals surface area contributed by atoms with E-state index in [1.54, 1.807) is 0 Å². The lowest BCUT2D eigenvalue weighted by atomic mass is 10.1. The van der Waals surface area contributed by atoms with E-state index in [1.165, 1.54) is 11.3 Å². The fourth-order valence-electron chi connectivity index (χ4n) is 2.51. The Hall–Kier alpha value is -1.15. The Morgan fingerprint density at radius 1 is 1.45 bits per heavy atom. The average Bonchev–Trinajstić information content (AvgIpc) is 3.19. The molecule has 0 radical (unpaired) electrons. The molecule has 1 amide bonds. The summed E-state index contributed by atoms with van der Waals surface area (Å²) in [5.74, 6) is 0.505. The Bertz CT molecular complexity index is 678. The molecular weight excluding hydrogens is 322 g/mol. The van der Waals surface area contributed by atoms with Crippen molar-refractivity contribution in [2.75, 3.05) is 11.3 Å². The quantitative estimate of drug-likeness (QED) is 0.886. The highest BCUT2D eigenvalue weighted by Gasteiger charge is 2.36. The minimum atomic E-state index is -3.27. The molecule has 3 rings (SSSR count). The van der Waals surface area contributed by atoms with E-state index in [0.29, 0.717) is 37.0 Å². The van der Waals surface area contributed by atoms with Gasteiger partial charge in [0.2, 0.25) is 15.9 Å². The molecule has 1 saturated carbocycles. The number of sulfonamides is 1. The van der Waals surface area contributed by atoms with Gasteiger partial charge in [0.25, 0.3) is 0 Å². The van der Waals surface area contributed by atoms with E-state index in [1.807, 2.05) is 18.7 Å². The molecule has 22 heavy (non-hydrogen) atoms. The second-order valence-electron chi connectivity index (χ2n) is 6.40. The summed E-state index contributed by atoms with van der Waals surface area (Å²) >= 11 is 1.35. The summed E-state index contributed by atoms with van der Waals surface area (Å²) in [6, 6.07) is 0. The first-order valence-electron chi connectivity index (χ1n) is 7.63. The molecule has 0 saturated heterocycles. The molecule has 0 bridgehead atoms. The van der Waals surface area contributed by atoms with E-state index < -0.39 is 10.0 Å². The van der Waals surface area contributed by atoms with Gasteiger partial charge in [0.1, 0.15) is 0 Å². The van der Waals surface area contributed by atoms with Crippen molar-refractivity contribution in [3.05, 3.63) is 10.6 Å². The Morgan fingerprint density at radius 3 is 2.82 bits per heavy atom. The third-order valence-corrected chi connectivity index (χ3v) is 6.81. The largest absolute Gasteiger partial charge is 0.337 e. The number of fused-ring (bicyclic) bond motifs is 1. The zero-order chi connectivity index (χ0) is 15.9. The molecule has 1 N–H and O–H groups in total. The van der Waals surface area contributed by atoms with Gasteiger partial charge in [-0.2, -0.15) is 0 Å². The van der Waals surface area contributed by atoms with Crippen LogP contribution in [0.1, 0.15) is 43.7 Å². The molecule has 1 aromatic rings. The van der Waals surface area contributed by atoms with Crippen LogP contribution in [0.15, 0.2) is 0 Å². The SMILES string of the molecule is CC(C)CC(=O)N1CCc2nc(NS(=O)(=O)C3CC3)sc2C1. The minimum Gasteiger partial charge on any atom is -0.337 e. The summed E-state index contributed by atoms with van der Waals surface area (Å²) in [4.78, 5) is 19.4. The van der Waals surface area contributed by atoms with Crippen molar-refractivity contribution in [3.8, 4) is 0 Å². The highest BCUT2D eigenvalue weighted by atomic mass is 32.2. The van der Waals surface area contributed by atoms with Gasteiger partial charge in [-0.15, -0.1) is 0 Å². The van der Waals surface area contributed by atoms with Crippen LogP contribution in [0.3, 0.4) is 0 Å². The van der Waals surface area contributed by atoms with E-state index in [4.69, 9.17) is 0 Å². The number of anilines is 1. The van der Waals surface area contributed by atoms with Crippen LogP contribution in [0.2, 0.25) is 0 Å². The second-order valence-corrected chi connectivity index (χ2v) is 9.44. The number of carbonyl (C=O) groups excluding carboxylic acids is 1. The van der Waals surface area contributed by atoms with E-state index >= 15 is 0 Å². The molecule has 1 fully saturated rings.